The fourth-order valence-corrected chi connectivity index (χ4v) is 1.05. The van der Waals surface area contributed by atoms with Gasteiger partial charge in [0.1, 0.15) is 0 Å². The second-order valence-electron chi connectivity index (χ2n) is 2.64. The number of nitrogens with one attached hydrogen (secondary N) is 2. The maximum atomic E-state index is 5.07. The molecule has 78 valence electrons. The molecule has 0 radical (unpaired) electrons. The number of aryl methyl sites for hydroxylation is 1. The van der Waals surface area contributed by atoms with Gasteiger partial charge in [0, 0.05) is 27.2 Å². The lowest BCUT2D eigenvalue weighted by molar-refractivity contribution is 0.373. The van der Waals surface area contributed by atoms with Crippen LogP contribution in [-0.4, -0.2) is 36.9 Å². The van der Waals surface area contributed by atoms with Crippen molar-refractivity contribution in [3.63, 3.8) is 0 Å². The Morgan fingerprint density at radius 2 is 2.36 bits per heavy atom. The van der Waals surface area contributed by atoms with Crippen LogP contribution in [0.3, 0.4) is 0 Å². The number of aromatic nitrogens is 2. The minimum Gasteiger partial charge on any atom is -0.481 e. The summed E-state index contributed by atoms with van der Waals surface area (Å²) in [6.07, 6.45) is 0. The van der Waals surface area contributed by atoms with Crippen molar-refractivity contribution in [1.29, 1.82) is 0 Å². The Morgan fingerprint density at radius 1 is 1.64 bits per heavy atom. The highest BCUT2D eigenvalue weighted by Crippen LogP contribution is 2.14. The first-order valence-electron chi connectivity index (χ1n) is 4.20. The maximum absolute atomic E-state index is 5.07. The summed E-state index contributed by atoms with van der Waals surface area (Å²) >= 11 is 0. The van der Waals surface area contributed by atoms with Gasteiger partial charge in [-0.15, -0.1) is 0 Å². The molecule has 0 saturated heterocycles. The van der Waals surface area contributed by atoms with E-state index >= 15 is 0 Å². The molecule has 1 aromatic rings. The Bertz CT molecular complexity index is 330. The first-order chi connectivity index (χ1) is 6.71. The zero-order valence-electron chi connectivity index (χ0n) is 8.83. The molecule has 0 bridgehead atoms. The molecule has 1 aromatic heterocycles. The number of ether oxygens (including phenoxy) is 1. The lowest BCUT2D eigenvalue weighted by Gasteiger charge is -2.03. The van der Waals surface area contributed by atoms with Crippen LogP contribution in [0.25, 0.3) is 0 Å². The predicted octanol–water partition coefficient (Wildman–Crippen LogP) is 0.0458. The van der Waals surface area contributed by atoms with Crippen LogP contribution < -0.4 is 15.4 Å². The molecule has 0 saturated carbocycles. The molecule has 0 spiro atoms. The van der Waals surface area contributed by atoms with Crippen LogP contribution >= 0.6 is 0 Å². The van der Waals surface area contributed by atoms with Crippen molar-refractivity contribution in [2.24, 2.45) is 12.0 Å². The number of guanidine groups is 1. The van der Waals surface area contributed by atoms with E-state index in [2.05, 4.69) is 20.7 Å². The molecule has 0 aromatic carbocycles. The van der Waals surface area contributed by atoms with E-state index in [0.717, 1.165) is 0 Å². The number of aliphatic imine (C=N–C) groups is 1. The summed E-state index contributed by atoms with van der Waals surface area (Å²) in [7, 11) is 6.90. The van der Waals surface area contributed by atoms with Gasteiger partial charge in [-0.1, -0.05) is 0 Å². The second-order valence-corrected chi connectivity index (χ2v) is 2.64. The van der Waals surface area contributed by atoms with Crippen molar-refractivity contribution < 1.29 is 4.74 Å². The van der Waals surface area contributed by atoms with E-state index in [0.29, 0.717) is 17.7 Å². The number of methoxy groups -OCH3 is 1. The van der Waals surface area contributed by atoms with Crippen LogP contribution in [0.2, 0.25) is 0 Å². The van der Waals surface area contributed by atoms with Crippen molar-refractivity contribution >= 4 is 11.8 Å². The van der Waals surface area contributed by atoms with E-state index in [4.69, 9.17) is 4.74 Å². The van der Waals surface area contributed by atoms with Crippen molar-refractivity contribution in [1.82, 2.24) is 15.1 Å². The topological polar surface area (TPSA) is 63.5 Å². The summed E-state index contributed by atoms with van der Waals surface area (Å²) in [5.74, 6) is 2.05. The Balaban J connectivity index is 2.77. The number of nitrogens with zero attached hydrogens (tertiary/aromatic N) is 3. The summed E-state index contributed by atoms with van der Waals surface area (Å²) in [6.45, 7) is 0. The Morgan fingerprint density at radius 3 is 2.79 bits per heavy atom. The predicted molar refractivity (Wildman–Crippen MR) is 55.8 cm³/mol. The molecular weight excluding hydrogens is 182 g/mol. The fraction of sp³-hybridized carbons (Fsp3) is 0.500. The molecule has 0 unspecified atom stereocenters. The third kappa shape index (κ3) is 2.15. The molecule has 0 aliphatic carbocycles. The van der Waals surface area contributed by atoms with E-state index in [1.54, 1.807) is 32.0 Å². The molecule has 0 atom stereocenters. The zero-order valence-corrected chi connectivity index (χ0v) is 8.83. The quantitative estimate of drug-likeness (QED) is 0.519. The Labute approximate surface area is 83.0 Å². The van der Waals surface area contributed by atoms with Gasteiger partial charge in [0.25, 0.3) is 0 Å². The highest BCUT2D eigenvalue weighted by atomic mass is 16.5. The van der Waals surface area contributed by atoms with Crippen LogP contribution in [-0.2, 0) is 7.05 Å². The highest BCUT2D eigenvalue weighted by molar-refractivity contribution is 5.92. The van der Waals surface area contributed by atoms with Gasteiger partial charge in [0.15, 0.2) is 11.8 Å². The van der Waals surface area contributed by atoms with Gasteiger partial charge < -0.3 is 15.4 Å². The molecule has 6 nitrogen and oxygen atoms in total. The van der Waals surface area contributed by atoms with Gasteiger partial charge in [-0.2, -0.15) is 5.10 Å². The van der Waals surface area contributed by atoms with Crippen LogP contribution in [0.15, 0.2) is 11.1 Å². The highest BCUT2D eigenvalue weighted by Gasteiger charge is 2.05. The number of hydrogen-bond donors (Lipinski definition) is 2. The van der Waals surface area contributed by atoms with Gasteiger partial charge in [0.2, 0.25) is 5.88 Å². The average molecular weight is 197 g/mol. The lowest BCUT2D eigenvalue weighted by atomic mass is 10.6. The van der Waals surface area contributed by atoms with Crippen molar-refractivity contribution in [2.45, 2.75) is 0 Å². The summed E-state index contributed by atoms with van der Waals surface area (Å²) in [5, 5.41) is 10.1. The minimum atomic E-state index is 0.658. The number of hydrogen-bond acceptors (Lipinski definition) is 3. The van der Waals surface area contributed by atoms with Crippen LogP contribution in [0.1, 0.15) is 0 Å². The molecule has 1 heterocycles. The number of anilines is 1. The summed E-state index contributed by atoms with van der Waals surface area (Å²) in [6, 6.07) is 1.79. The Hall–Kier alpha value is -1.72. The number of rotatable bonds is 2. The monoisotopic (exact) mass is 197 g/mol. The molecule has 6 heteroatoms. The minimum absolute atomic E-state index is 0.658. The van der Waals surface area contributed by atoms with Crippen molar-refractivity contribution in [2.75, 3.05) is 26.5 Å². The summed E-state index contributed by atoms with van der Waals surface area (Å²) < 4.78 is 6.72. The normalized spacial score (nSPS) is 11.3. The summed E-state index contributed by atoms with van der Waals surface area (Å²) in [4.78, 5) is 3.97. The average Bonchev–Trinajstić information content (AvgIpc) is 2.55. The van der Waals surface area contributed by atoms with Crippen LogP contribution in [0.5, 0.6) is 5.88 Å². The van der Waals surface area contributed by atoms with Gasteiger partial charge >= 0.3 is 0 Å². The smallest absolute Gasteiger partial charge is 0.213 e. The Kier molecular flexibility index (Phi) is 3.33. The van der Waals surface area contributed by atoms with Gasteiger partial charge in [-0.05, 0) is 0 Å². The first-order valence-corrected chi connectivity index (χ1v) is 4.20. The summed E-state index contributed by atoms with van der Waals surface area (Å²) in [5.41, 5.74) is 0. The first kappa shape index (κ1) is 10.4. The molecule has 0 aliphatic rings. The molecule has 2 N–H and O–H groups in total. The SMILES string of the molecule is CN=C(NC)Nc1cc(OC)n(C)n1. The van der Waals surface area contributed by atoms with Crippen molar-refractivity contribution in [3.05, 3.63) is 6.07 Å². The van der Waals surface area contributed by atoms with E-state index < -0.39 is 0 Å². The van der Waals surface area contributed by atoms with Gasteiger partial charge in [-0.3, -0.25) is 4.99 Å². The van der Waals surface area contributed by atoms with Crippen LogP contribution in [0.4, 0.5) is 5.82 Å². The standard InChI is InChI=1S/C8H15N5O/c1-9-8(10-2)11-6-5-7(14-4)13(3)12-6/h5H,1-4H3,(H2,9,10,11,12). The molecule has 0 aliphatic heterocycles. The van der Waals surface area contributed by atoms with E-state index in [1.807, 2.05) is 7.05 Å². The third-order valence-corrected chi connectivity index (χ3v) is 1.75. The molecule has 14 heavy (non-hydrogen) atoms. The molecule has 1 rings (SSSR count). The lowest BCUT2D eigenvalue weighted by Crippen LogP contribution is -2.27. The zero-order chi connectivity index (χ0) is 10.6. The molecule has 0 amide bonds. The van der Waals surface area contributed by atoms with E-state index in [1.165, 1.54) is 0 Å². The van der Waals surface area contributed by atoms with E-state index in [-0.39, 0.29) is 0 Å². The molecular formula is C8H15N5O. The largest absolute Gasteiger partial charge is 0.481 e. The van der Waals surface area contributed by atoms with Crippen LogP contribution in [0, 0.1) is 0 Å². The second kappa shape index (κ2) is 4.50. The van der Waals surface area contributed by atoms with Gasteiger partial charge in [-0.25, -0.2) is 4.68 Å². The molecule has 0 fully saturated rings. The fourth-order valence-electron chi connectivity index (χ4n) is 1.05. The van der Waals surface area contributed by atoms with Crippen molar-refractivity contribution in [3.8, 4) is 5.88 Å². The van der Waals surface area contributed by atoms with Gasteiger partial charge in [0.05, 0.1) is 7.11 Å². The third-order valence-electron chi connectivity index (χ3n) is 1.75. The maximum Gasteiger partial charge on any atom is 0.213 e. The van der Waals surface area contributed by atoms with E-state index in [9.17, 15) is 0 Å².